The van der Waals surface area contributed by atoms with Gasteiger partial charge >= 0.3 is 0 Å². The molecular weight excluding hydrogens is 276 g/mol. The molecule has 0 unspecified atom stereocenters. The van der Waals surface area contributed by atoms with Crippen molar-refractivity contribution in [2.75, 3.05) is 6.61 Å². The van der Waals surface area contributed by atoms with Gasteiger partial charge in [-0.25, -0.2) is 4.98 Å². The number of aryl methyl sites for hydroxylation is 1. The van der Waals surface area contributed by atoms with Crippen molar-refractivity contribution in [1.29, 1.82) is 0 Å². The van der Waals surface area contributed by atoms with E-state index in [0.29, 0.717) is 11.9 Å². The lowest BCUT2D eigenvalue weighted by molar-refractivity contribution is 0.0898. The van der Waals surface area contributed by atoms with Gasteiger partial charge in [0.1, 0.15) is 17.5 Å². The maximum atomic E-state index is 5.96. The Morgan fingerprint density at radius 3 is 2.74 bits per heavy atom. The van der Waals surface area contributed by atoms with Crippen molar-refractivity contribution in [3.63, 3.8) is 0 Å². The van der Waals surface area contributed by atoms with Crippen LogP contribution in [0.3, 0.4) is 0 Å². The summed E-state index contributed by atoms with van der Waals surface area (Å²) in [7, 11) is -1.02. The van der Waals surface area contributed by atoms with E-state index >= 15 is 0 Å². The molecule has 2 aromatic rings. The number of hydrogen-bond acceptors (Lipinski definition) is 2. The summed E-state index contributed by atoms with van der Waals surface area (Å²) in [5.41, 5.74) is 2.10. The molecule has 0 N–H and O–H groups in total. The minimum Gasteiger partial charge on any atom is -0.361 e. The van der Waals surface area contributed by atoms with Gasteiger partial charge in [-0.3, -0.25) is 0 Å². The Labute approximate surface area is 120 Å². The molecule has 0 bridgehead atoms. The van der Waals surface area contributed by atoms with Crippen LogP contribution in [0.1, 0.15) is 5.56 Å². The van der Waals surface area contributed by atoms with Crippen molar-refractivity contribution >= 4 is 30.7 Å². The summed E-state index contributed by atoms with van der Waals surface area (Å²) >= 11 is 5.96. The Morgan fingerprint density at radius 1 is 1.32 bits per heavy atom. The predicted molar refractivity (Wildman–Crippen MR) is 83.6 cm³/mol. The highest BCUT2D eigenvalue weighted by Gasteiger charge is 2.12. The number of hydrogen-bond donors (Lipinski definition) is 0. The van der Waals surface area contributed by atoms with E-state index in [1.807, 2.05) is 16.7 Å². The lowest BCUT2D eigenvalue weighted by atomic mass is 10.2. The van der Waals surface area contributed by atoms with E-state index < -0.39 is 8.07 Å². The van der Waals surface area contributed by atoms with E-state index in [1.54, 1.807) is 0 Å². The molecule has 2 aromatic heterocycles. The van der Waals surface area contributed by atoms with Gasteiger partial charge < -0.3 is 9.30 Å². The van der Waals surface area contributed by atoms with Crippen LogP contribution in [-0.2, 0) is 11.5 Å². The molecule has 3 nitrogen and oxygen atoms in total. The maximum absolute atomic E-state index is 5.96. The van der Waals surface area contributed by atoms with Gasteiger partial charge in [0.2, 0.25) is 0 Å². The lowest BCUT2D eigenvalue weighted by Crippen LogP contribution is -2.22. The van der Waals surface area contributed by atoms with Gasteiger partial charge in [0.25, 0.3) is 0 Å². The highest BCUT2D eigenvalue weighted by Crippen LogP contribution is 2.21. The lowest BCUT2D eigenvalue weighted by Gasteiger charge is -2.15. The monoisotopic (exact) mass is 296 g/mol. The Balaban J connectivity index is 2.07. The number of nitrogens with zero attached hydrogens (tertiary/aromatic N) is 2. The van der Waals surface area contributed by atoms with Crippen LogP contribution in [0.5, 0.6) is 0 Å². The summed E-state index contributed by atoms with van der Waals surface area (Å²) in [5.74, 6) is 0. The molecule has 0 saturated carbocycles. The number of fused-ring (bicyclic) bond motifs is 1. The van der Waals surface area contributed by atoms with E-state index in [9.17, 15) is 0 Å². The number of pyridine rings is 1. The van der Waals surface area contributed by atoms with E-state index in [1.165, 1.54) is 11.6 Å². The molecule has 0 atom stereocenters. The average molecular weight is 297 g/mol. The largest absolute Gasteiger partial charge is 0.361 e. The van der Waals surface area contributed by atoms with Crippen molar-refractivity contribution in [2.45, 2.75) is 39.3 Å². The highest BCUT2D eigenvalue weighted by atomic mass is 35.5. The number of halogens is 1. The van der Waals surface area contributed by atoms with E-state index in [4.69, 9.17) is 16.3 Å². The molecule has 0 amide bonds. The summed E-state index contributed by atoms with van der Waals surface area (Å²) < 4.78 is 7.80. The molecule has 0 spiro atoms. The van der Waals surface area contributed by atoms with E-state index in [2.05, 4.69) is 37.7 Å². The van der Waals surface area contributed by atoms with Crippen LogP contribution in [0.4, 0.5) is 0 Å². The molecule has 0 radical (unpaired) electrons. The van der Waals surface area contributed by atoms with Crippen LogP contribution < -0.4 is 0 Å². The van der Waals surface area contributed by atoms with Gasteiger partial charge in [0.05, 0.1) is 0 Å². The van der Waals surface area contributed by atoms with Gasteiger partial charge in [-0.15, -0.1) is 0 Å². The third-order valence-electron chi connectivity index (χ3n) is 3.11. The third kappa shape index (κ3) is 3.81. The molecule has 0 aliphatic rings. The molecule has 0 aromatic carbocycles. The first-order chi connectivity index (χ1) is 8.87. The minimum atomic E-state index is -1.02. The fourth-order valence-electron chi connectivity index (χ4n) is 1.96. The topological polar surface area (TPSA) is 27.1 Å². The number of rotatable bonds is 5. The second-order valence-electron chi connectivity index (χ2n) is 6.14. The summed E-state index contributed by atoms with van der Waals surface area (Å²) in [6.45, 7) is 10.5. The van der Waals surface area contributed by atoms with Crippen LogP contribution in [0.25, 0.3) is 11.0 Å². The van der Waals surface area contributed by atoms with Crippen LogP contribution in [0, 0.1) is 6.92 Å². The first-order valence-corrected chi connectivity index (χ1v) is 10.6. The number of aromatic nitrogens is 2. The minimum absolute atomic E-state index is 0.522. The van der Waals surface area contributed by atoms with Gasteiger partial charge in [-0.1, -0.05) is 31.2 Å². The van der Waals surface area contributed by atoms with E-state index in [0.717, 1.165) is 17.6 Å². The Kier molecular flexibility index (Phi) is 4.33. The van der Waals surface area contributed by atoms with Crippen LogP contribution in [0.2, 0.25) is 30.8 Å². The van der Waals surface area contributed by atoms with Gasteiger partial charge in [-0.05, 0) is 30.7 Å². The first-order valence-electron chi connectivity index (χ1n) is 6.56. The molecule has 0 saturated heterocycles. The second-order valence-corrected chi connectivity index (χ2v) is 12.1. The summed E-state index contributed by atoms with van der Waals surface area (Å²) in [5, 5.41) is 1.66. The van der Waals surface area contributed by atoms with Gasteiger partial charge in [0.15, 0.2) is 0 Å². The van der Waals surface area contributed by atoms with Gasteiger partial charge in [0, 0.05) is 26.3 Å². The van der Waals surface area contributed by atoms with E-state index in [-0.39, 0.29) is 0 Å². The smallest absolute Gasteiger partial charge is 0.143 e. The van der Waals surface area contributed by atoms with Crippen molar-refractivity contribution in [3.8, 4) is 0 Å². The van der Waals surface area contributed by atoms with Crippen molar-refractivity contribution in [1.82, 2.24) is 9.55 Å². The SMILES string of the molecule is Cc1cn(COCC[Si](C)(C)C)c2nc(Cl)ccc12. The summed E-state index contributed by atoms with van der Waals surface area (Å²) in [6, 6.07) is 5.02. The first kappa shape index (κ1) is 14.6. The molecule has 0 fully saturated rings. The fraction of sp³-hybridized carbons (Fsp3) is 0.500. The third-order valence-corrected chi connectivity index (χ3v) is 5.03. The van der Waals surface area contributed by atoms with Crippen LogP contribution in [0.15, 0.2) is 18.3 Å². The maximum Gasteiger partial charge on any atom is 0.143 e. The molecule has 2 rings (SSSR count). The molecule has 0 aliphatic carbocycles. The van der Waals surface area contributed by atoms with Crippen LogP contribution >= 0.6 is 11.6 Å². The molecule has 2 heterocycles. The molecular formula is C14H21ClN2OSi. The van der Waals surface area contributed by atoms with Crippen molar-refractivity contribution in [2.24, 2.45) is 0 Å². The Bertz CT molecular complexity index is 575. The highest BCUT2D eigenvalue weighted by molar-refractivity contribution is 6.76. The van der Waals surface area contributed by atoms with Crippen molar-refractivity contribution < 1.29 is 4.74 Å². The standard InChI is InChI=1S/C14H21ClN2OSi/c1-11-9-17(10-18-7-8-19(2,3)4)14-12(11)5-6-13(15)16-14/h5-6,9H,7-8,10H2,1-4H3. The predicted octanol–water partition coefficient (Wildman–Crippen LogP) is 4.31. The summed E-state index contributed by atoms with van der Waals surface area (Å²) in [4.78, 5) is 4.38. The molecule has 19 heavy (non-hydrogen) atoms. The quantitative estimate of drug-likeness (QED) is 0.467. The van der Waals surface area contributed by atoms with Crippen LogP contribution in [-0.4, -0.2) is 24.2 Å². The average Bonchev–Trinajstić information content (AvgIpc) is 2.60. The molecule has 0 aliphatic heterocycles. The fourth-order valence-corrected chi connectivity index (χ4v) is 2.86. The Hall–Kier alpha value is -0.843. The second kappa shape index (κ2) is 5.65. The van der Waals surface area contributed by atoms with Gasteiger partial charge in [-0.2, -0.15) is 0 Å². The zero-order valence-electron chi connectivity index (χ0n) is 12.0. The zero-order valence-corrected chi connectivity index (χ0v) is 13.8. The molecule has 104 valence electrons. The Morgan fingerprint density at radius 2 is 2.05 bits per heavy atom. The number of ether oxygens (including phenoxy) is 1. The van der Waals surface area contributed by atoms with Crippen molar-refractivity contribution in [3.05, 3.63) is 29.0 Å². The summed E-state index contributed by atoms with van der Waals surface area (Å²) in [6.07, 6.45) is 2.07. The zero-order chi connectivity index (χ0) is 14.0. The normalized spacial score (nSPS) is 12.3. The molecule has 5 heteroatoms.